The summed E-state index contributed by atoms with van der Waals surface area (Å²) >= 11 is 0. The standard InChI is InChI=1S/C16H23NO3/c1-14(2,3)20-13(19)17-16-7-10-6-15(16)5-9(12(10)18)4-11(15)8-16/h9-11H,4-8H2,1-3H3,(H,17,19). The zero-order valence-electron chi connectivity index (χ0n) is 12.5. The van der Waals surface area contributed by atoms with E-state index in [1.165, 1.54) is 0 Å². The topological polar surface area (TPSA) is 55.4 Å². The molecule has 1 N–H and O–H groups in total. The second-order valence-corrected chi connectivity index (χ2v) is 8.41. The van der Waals surface area contributed by atoms with Gasteiger partial charge in [0, 0.05) is 11.8 Å². The van der Waals surface area contributed by atoms with Gasteiger partial charge in [-0.25, -0.2) is 4.79 Å². The van der Waals surface area contributed by atoms with Gasteiger partial charge < -0.3 is 10.1 Å². The minimum Gasteiger partial charge on any atom is -0.444 e. The van der Waals surface area contributed by atoms with Crippen molar-refractivity contribution >= 4 is 11.9 Å². The van der Waals surface area contributed by atoms with Crippen LogP contribution in [0.15, 0.2) is 0 Å². The van der Waals surface area contributed by atoms with Crippen LogP contribution in [0, 0.1) is 23.2 Å². The molecule has 1 amide bonds. The molecule has 4 heteroatoms. The first kappa shape index (κ1) is 12.7. The number of Topliss-reactive ketones (excluding diaryl/α,β-unsaturated/α-hetero) is 1. The number of hydrogen-bond donors (Lipinski definition) is 1. The van der Waals surface area contributed by atoms with Gasteiger partial charge in [0.05, 0.1) is 5.54 Å². The predicted molar refractivity (Wildman–Crippen MR) is 73.1 cm³/mol. The van der Waals surface area contributed by atoms with Gasteiger partial charge in [0.15, 0.2) is 0 Å². The summed E-state index contributed by atoms with van der Waals surface area (Å²) in [6.45, 7) is 5.65. The number of ether oxygens (including phenoxy) is 1. The summed E-state index contributed by atoms with van der Waals surface area (Å²) in [5.74, 6) is 1.59. The van der Waals surface area contributed by atoms with E-state index < -0.39 is 5.60 Å². The Morgan fingerprint density at radius 3 is 2.60 bits per heavy atom. The third-order valence-corrected chi connectivity index (χ3v) is 6.26. The van der Waals surface area contributed by atoms with Crippen molar-refractivity contribution in [1.82, 2.24) is 5.32 Å². The van der Waals surface area contributed by atoms with Crippen LogP contribution < -0.4 is 5.32 Å². The fourth-order valence-corrected chi connectivity index (χ4v) is 5.76. The number of alkyl carbamates (subject to hydrolysis) is 1. The maximum atomic E-state index is 12.3. The van der Waals surface area contributed by atoms with Crippen molar-refractivity contribution < 1.29 is 14.3 Å². The van der Waals surface area contributed by atoms with Crippen LogP contribution in [-0.4, -0.2) is 23.0 Å². The number of nitrogens with one attached hydrogen (secondary N) is 1. The maximum absolute atomic E-state index is 12.3. The van der Waals surface area contributed by atoms with E-state index in [2.05, 4.69) is 5.32 Å². The number of rotatable bonds is 1. The number of carbonyl (C=O) groups is 2. The molecule has 0 saturated heterocycles. The molecule has 1 spiro atoms. The SMILES string of the molecule is CC(C)(C)OC(=O)NC12CC3CC14CC(CC4C2)C3=O. The van der Waals surface area contributed by atoms with Gasteiger partial charge in [-0.2, -0.15) is 0 Å². The largest absolute Gasteiger partial charge is 0.444 e. The molecule has 4 fully saturated rings. The number of fused-ring (bicyclic) bond motifs is 2. The molecule has 5 unspecified atom stereocenters. The van der Waals surface area contributed by atoms with Crippen LogP contribution in [-0.2, 0) is 9.53 Å². The molecule has 4 rings (SSSR count). The summed E-state index contributed by atoms with van der Waals surface area (Å²) in [5, 5.41) is 3.17. The molecule has 20 heavy (non-hydrogen) atoms. The molecule has 4 aliphatic rings. The van der Waals surface area contributed by atoms with Gasteiger partial charge in [-0.1, -0.05) is 0 Å². The van der Waals surface area contributed by atoms with Gasteiger partial charge in [-0.15, -0.1) is 0 Å². The Hall–Kier alpha value is -1.06. The van der Waals surface area contributed by atoms with Crippen LogP contribution in [0.2, 0.25) is 0 Å². The average Bonchev–Trinajstić information content (AvgIpc) is 2.66. The van der Waals surface area contributed by atoms with Gasteiger partial charge >= 0.3 is 6.09 Å². The lowest BCUT2D eigenvalue weighted by molar-refractivity contribution is -0.128. The predicted octanol–water partition coefficient (Wildman–Crippen LogP) is 2.66. The van der Waals surface area contributed by atoms with Crippen molar-refractivity contribution in [3.05, 3.63) is 0 Å². The van der Waals surface area contributed by atoms with Crippen molar-refractivity contribution in [2.24, 2.45) is 23.2 Å². The molecule has 0 aromatic carbocycles. The number of carbonyl (C=O) groups excluding carboxylic acids is 2. The molecule has 3 bridgehead atoms. The van der Waals surface area contributed by atoms with E-state index in [1.54, 1.807) is 0 Å². The Bertz CT molecular complexity index is 504. The fraction of sp³-hybridized carbons (Fsp3) is 0.875. The highest BCUT2D eigenvalue weighted by atomic mass is 16.6. The summed E-state index contributed by atoms with van der Waals surface area (Å²) in [6.07, 6.45) is 4.65. The fourth-order valence-electron chi connectivity index (χ4n) is 5.76. The first-order chi connectivity index (χ1) is 9.25. The molecule has 4 saturated carbocycles. The number of ketones is 1. The van der Waals surface area contributed by atoms with Crippen molar-refractivity contribution in [1.29, 1.82) is 0 Å². The van der Waals surface area contributed by atoms with Gasteiger partial charge in [-0.3, -0.25) is 4.79 Å². The molecular formula is C16H23NO3. The van der Waals surface area contributed by atoms with Crippen molar-refractivity contribution in [3.63, 3.8) is 0 Å². The normalized spacial score (nSPS) is 48.0. The van der Waals surface area contributed by atoms with Crippen LogP contribution in [0.25, 0.3) is 0 Å². The van der Waals surface area contributed by atoms with Crippen LogP contribution in [0.4, 0.5) is 4.79 Å². The molecule has 0 radical (unpaired) electrons. The van der Waals surface area contributed by atoms with E-state index in [-0.39, 0.29) is 28.9 Å². The summed E-state index contributed by atoms with van der Waals surface area (Å²) in [6, 6.07) is 0. The van der Waals surface area contributed by atoms with Crippen LogP contribution in [0.5, 0.6) is 0 Å². The highest BCUT2D eigenvalue weighted by Crippen LogP contribution is 2.76. The summed E-state index contributed by atoms with van der Waals surface area (Å²) in [5.41, 5.74) is -0.401. The van der Waals surface area contributed by atoms with E-state index in [9.17, 15) is 9.59 Å². The smallest absolute Gasteiger partial charge is 0.408 e. The molecular weight excluding hydrogens is 254 g/mol. The summed E-state index contributed by atoms with van der Waals surface area (Å²) < 4.78 is 5.43. The molecule has 5 atom stereocenters. The second-order valence-electron chi connectivity index (χ2n) is 8.41. The van der Waals surface area contributed by atoms with Crippen molar-refractivity contribution in [3.8, 4) is 0 Å². The lowest BCUT2D eigenvalue weighted by Gasteiger charge is -2.58. The Kier molecular flexibility index (Phi) is 2.15. The Balaban J connectivity index is 1.58. The maximum Gasteiger partial charge on any atom is 0.408 e. The van der Waals surface area contributed by atoms with Gasteiger partial charge in [-0.05, 0) is 64.2 Å². The van der Waals surface area contributed by atoms with E-state index in [0.717, 1.165) is 32.1 Å². The van der Waals surface area contributed by atoms with Crippen molar-refractivity contribution in [2.45, 2.75) is 64.0 Å². The highest BCUT2D eigenvalue weighted by Gasteiger charge is 2.77. The minimum absolute atomic E-state index is 0.147. The zero-order valence-corrected chi connectivity index (χ0v) is 12.5. The van der Waals surface area contributed by atoms with Crippen LogP contribution >= 0.6 is 0 Å². The second kappa shape index (κ2) is 3.40. The van der Waals surface area contributed by atoms with Gasteiger partial charge in [0.2, 0.25) is 0 Å². The van der Waals surface area contributed by atoms with Crippen LogP contribution in [0.3, 0.4) is 0 Å². The summed E-state index contributed by atoms with van der Waals surface area (Å²) in [4.78, 5) is 24.5. The molecule has 4 nitrogen and oxygen atoms in total. The summed E-state index contributed by atoms with van der Waals surface area (Å²) in [7, 11) is 0. The molecule has 4 aliphatic carbocycles. The Morgan fingerprint density at radius 2 is 1.90 bits per heavy atom. The molecule has 0 heterocycles. The minimum atomic E-state index is -0.469. The number of amides is 1. The first-order valence-electron chi connectivity index (χ1n) is 7.80. The van der Waals surface area contributed by atoms with E-state index in [4.69, 9.17) is 4.74 Å². The Morgan fingerprint density at radius 1 is 1.20 bits per heavy atom. The lowest BCUT2D eigenvalue weighted by Crippen LogP contribution is -2.67. The third kappa shape index (κ3) is 1.38. The van der Waals surface area contributed by atoms with Crippen molar-refractivity contribution in [2.75, 3.05) is 0 Å². The van der Waals surface area contributed by atoms with E-state index >= 15 is 0 Å². The Labute approximate surface area is 119 Å². The zero-order chi connectivity index (χ0) is 14.3. The molecule has 110 valence electrons. The van der Waals surface area contributed by atoms with E-state index in [0.29, 0.717) is 11.7 Å². The third-order valence-electron chi connectivity index (χ3n) is 6.26. The molecule has 0 aromatic rings. The average molecular weight is 277 g/mol. The first-order valence-corrected chi connectivity index (χ1v) is 7.80. The highest BCUT2D eigenvalue weighted by molar-refractivity contribution is 5.87. The van der Waals surface area contributed by atoms with Gasteiger partial charge in [0.1, 0.15) is 11.4 Å². The number of hydrogen-bond acceptors (Lipinski definition) is 3. The molecule has 0 aliphatic heterocycles. The molecule has 0 aromatic heterocycles. The monoisotopic (exact) mass is 277 g/mol. The lowest BCUT2D eigenvalue weighted by atomic mass is 9.51. The quantitative estimate of drug-likeness (QED) is 0.801. The van der Waals surface area contributed by atoms with E-state index in [1.807, 2.05) is 20.8 Å². The van der Waals surface area contributed by atoms with Gasteiger partial charge in [0.25, 0.3) is 0 Å². The van der Waals surface area contributed by atoms with Crippen LogP contribution in [0.1, 0.15) is 52.9 Å².